The third-order valence-corrected chi connectivity index (χ3v) is 5.19. The van der Waals surface area contributed by atoms with E-state index >= 15 is 0 Å². The Balaban J connectivity index is 1.92. The van der Waals surface area contributed by atoms with Crippen molar-refractivity contribution in [3.63, 3.8) is 0 Å². The molecule has 0 spiro atoms. The fourth-order valence-corrected chi connectivity index (χ4v) is 3.63. The Hall–Kier alpha value is -3.47. The first-order valence-electron chi connectivity index (χ1n) is 9.99. The molecule has 0 saturated carbocycles. The second-order valence-electron chi connectivity index (χ2n) is 7.37. The van der Waals surface area contributed by atoms with Gasteiger partial charge in [-0.3, -0.25) is 5.41 Å². The summed E-state index contributed by atoms with van der Waals surface area (Å²) in [5.41, 5.74) is -0.612. The van der Waals surface area contributed by atoms with Crippen molar-refractivity contribution in [1.29, 1.82) is 5.41 Å². The van der Waals surface area contributed by atoms with Gasteiger partial charge in [0.25, 0.3) is 0 Å². The van der Waals surface area contributed by atoms with Crippen molar-refractivity contribution in [3.8, 4) is 11.4 Å². The molecule has 0 aromatic carbocycles. The lowest BCUT2D eigenvalue weighted by Gasteiger charge is -2.34. The van der Waals surface area contributed by atoms with E-state index in [9.17, 15) is 13.2 Å². The molecule has 3 N–H and O–H groups in total. The molecule has 1 atom stereocenters. The molecule has 11 heteroatoms. The molecule has 8 nitrogen and oxygen atoms in total. The molecule has 3 aromatic heterocycles. The van der Waals surface area contributed by atoms with Crippen LogP contribution in [0.3, 0.4) is 0 Å². The average molecular weight is 445 g/mol. The van der Waals surface area contributed by atoms with Gasteiger partial charge in [-0.2, -0.15) is 13.2 Å². The van der Waals surface area contributed by atoms with Gasteiger partial charge in [0.05, 0.1) is 24.9 Å². The standard InChI is InChI=1S/C21H22F3N7O/c1-12-11-32-8-7-31(12)17-9-16(15(10-26-2)18(25)21(22,23)24)29-20(30-17)14-4-6-28-19-13(14)3-5-27-19/h3-6,9-10,12,25-26H,7-8,11H2,1-2H3,(H,27,28)/b15-10-,25-18?. The van der Waals surface area contributed by atoms with Gasteiger partial charge in [0.1, 0.15) is 17.2 Å². The molecule has 0 radical (unpaired) electrons. The highest BCUT2D eigenvalue weighted by Gasteiger charge is 2.38. The number of aromatic amines is 1. The molecule has 32 heavy (non-hydrogen) atoms. The van der Waals surface area contributed by atoms with Crippen LogP contribution in [-0.4, -0.2) is 64.7 Å². The number of allylic oxidation sites excluding steroid dienone is 1. The van der Waals surface area contributed by atoms with Crippen molar-refractivity contribution in [3.05, 3.63) is 42.5 Å². The first-order valence-corrected chi connectivity index (χ1v) is 9.99. The Kier molecular flexibility index (Phi) is 5.83. The number of aromatic nitrogens is 4. The van der Waals surface area contributed by atoms with Crippen molar-refractivity contribution < 1.29 is 17.9 Å². The predicted molar refractivity (Wildman–Crippen MR) is 116 cm³/mol. The van der Waals surface area contributed by atoms with Crippen LogP contribution in [0.1, 0.15) is 12.6 Å². The summed E-state index contributed by atoms with van der Waals surface area (Å²) in [6.07, 6.45) is -0.386. The monoisotopic (exact) mass is 445 g/mol. The molecule has 4 rings (SSSR count). The van der Waals surface area contributed by atoms with E-state index in [1.165, 1.54) is 13.1 Å². The van der Waals surface area contributed by atoms with Crippen LogP contribution in [0, 0.1) is 5.41 Å². The van der Waals surface area contributed by atoms with Crippen molar-refractivity contribution in [2.24, 2.45) is 0 Å². The lowest BCUT2D eigenvalue weighted by molar-refractivity contribution is -0.0578. The Morgan fingerprint density at radius 2 is 2.16 bits per heavy atom. The van der Waals surface area contributed by atoms with Gasteiger partial charge >= 0.3 is 6.18 Å². The summed E-state index contributed by atoms with van der Waals surface area (Å²) in [4.78, 5) is 18.4. The molecule has 1 fully saturated rings. The number of anilines is 1. The summed E-state index contributed by atoms with van der Waals surface area (Å²) >= 11 is 0. The van der Waals surface area contributed by atoms with Gasteiger partial charge < -0.3 is 19.9 Å². The zero-order chi connectivity index (χ0) is 22.9. The summed E-state index contributed by atoms with van der Waals surface area (Å²) in [5.74, 6) is 0.721. The van der Waals surface area contributed by atoms with E-state index in [0.29, 0.717) is 36.8 Å². The normalized spacial score (nSPS) is 17.6. The maximum atomic E-state index is 13.4. The zero-order valence-corrected chi connectivity index (χ0v) is 17.5. The molecule has 1 aliphatic heterocycles. The molecule has 1 saturated heterocycles. The SMILES string of the molecule is CN/C=C(\C(=N)C(F)(F)F)c1cc(N2CCOCC2C)nc(-c2ccnc3[nH]ccc23)n1. The van der Waals surface area contributed by atoms with Crippen LogP contribution >= 0.6 is 0 Å². The minimum atomic E-state index is -4.83. The van der Waals surface area contributed by atoms with E-state index in [4.69, 9.17) is 10.1 Å². The van der Waals surface area contributed by atoms with Gasteiger partial charge in [-0.1, -0.05) is 0 Å². The number of fused-ring (bicyclic) bond motifs is 1. The zero-order valence-electron chi connectivity index (χ0n) is 17.5. The molecule has 4 heterocycles. The molecule has 0 amide bonds. The lowest BCUT2D eigenvalue weighted by atomic mass is 10.1. The Morgan fingerprint density at radius 1 is 1.34 bits per heavy atom. The number of hydrogen-bond donors (Lipinski definition) is 3. The van der Waals surface area contributed by atoms with E-state index < -0.39 is 11.9 Å². The van der Waals surface area contributed by atoms with E-state index in [2.05, 4.69) is 25.3 Å². The number of pyridine rings is 1. The van der Waals surface area contributed by atoms with Crippen LogP contribution in [0.5, 0.6) is 0 Å². The van der Waals surface area contributed by atoms with Crippen LogP contribution in [0.15, 0.2) is 36.8 Å². The predicted octanol–water partition coefficient (Wildman–Crippen LogP) is 3.39. The van der Waals surface area contributed by atoms with Crippen LogP contribution in [0.4, 0.5) is 19.0 Å². The number of nitrogens with zero attached hydrogens (tertiary/aromatic N) is 4. The number of ether oxygens (including phenoxy) is 1. The van der Waals surface area contributed by atoms with Gasteiger partial charge in [-0.05, 0) is 19.1 Å². The first kappa shape index (κ1) is 21.8. The second-order valence-corrected chi connectivity index (χ2v) is 7.37. The highest BCUT2D eigenvalue weighted by Crippen LogP contribution is 2.32. The van der Waals surface area contributed by atoms with Crippen molar-refractivity contribution in [2.75, 3.05) is 31.7 Å². The van der Waals surface area contributed by atoms with Crippen LogP contribution in [0.25, 0.3) is 28.0 Å². The van der Waals surface area contributed by atoms with Gasteiger partial charge in [0.15, 0.2) is 5.82 Å². The number of hydrogen-bond acceptors (Lipinski definition) is 7. The Bertz CT molecular complexity index is 1170. The largest absolute Gasteiger partial charge is 0.433 e. The van der Waals surface area contributed by atoms with Gasteiger partial charge in [-0.25, -0.2) is 15.0 Å². The first-order chi connectivity index (χ1) is 15.3. The molecule has 1 aliphatic rings. The number of morpholine rings is 1. The average Bonchev–Trinajstić information content (AvgIpc) is 3.25. The minimum Gasteiger partial charge on any atom is -0.393 e. The molecular formula is C21H22F3N7O. The van der Waals surface area contributed by atoms with Crippen molar-refractivity contribution in [2.45, 2.75) is 19.1 Å². The smallest absolute Gasteiger partial charge is 0.393 e. The summed E-state index contributed by atoms with van der Waals surface area (Å²) in [6.45, 7) is 3.45. The highest BCUT2D eigenvalue weighted by molar-refractivity contribution is 6.24. The molecule has 0 aliphatic carbocycles. The number of halogens is 3. The summed E-state index contributed by atoms with van der Waals surface area (Å²) in [5, 5.41) is 11.1. The van der Waals surface area contributed by atoms with E-state index in [1.807, 2.05) is 17.9 Å². The van der Waals surface area contributed by atoms with Crippen molar-refractivity contribution >= 4 is 28.1 Å². The number of rotatable bonds is 5. The van der Waals surface area contributed by atoms with Gasteiger partial charge in [0, 0.05) is 54.8 Å². The summed E-state index contributed by atoms with van der Waals surface area (Å²) in [6, 6.07) is 5.00. The maximum absolute atomic E-state index is 13.4. The van der Waals surface area contributed by atoms with Crippen molar-refractivity contribution in [1.82, 2.24) is 25.3 Å². The lowest BCUT2D eigenvalue weighted by Crippen LogP contribution is -2.44. The highest BCUT2D eigenvalue weighted by atomic mass is 19.4. The minimum absolute atomic E-state index is 0.000801. The third kappa shape index (κ3) is 4.15. The summed E-state index contributed by atoms with van der Waals surface area (Å²) in [7, 11) is 1.48. The molecule has 168 valence electrons. The fraction of sp³-hybridized carbons (Fsp3) is 0.333. The van der Waals surface area contributed by atoms with Crippen LogP contribution in [-0.2, 0) is 4.74 Å². The molecular weight excluding hydrogens is 423 g/mol. The van der Waals surface area contributed by atoms with Crippen LogP contribution in [0.2, 0.25) is 0 Å². The summed E-state index contributed by atoms with van der Waals surface area (Å²) < 4.78 is 45.8. The van der Waals surface area contributed by atoms with E-state index in [0.717, 1.165) is 11.6 Å². The number of alkyl halides is 3. The number of nitrogens with one attached hydrogen (secondary N) is 3. The molecule has 0 bridgehead atoms. The quantitative estimate of drug-likeness (QED) is 0.521. The van der Waals surface area contributed by atoms with Gasteiger partial charge in [-0.15, -0.1) is 0 Å². The second kappa shape index (κ2) is 8.58. The van der Waals surface area contributed by atoms with Gasteiger partial charge in [0.2, 0.25) is 0 Å². The topological polar surface area (TPSA) is 103 Å². The third-order valence-electron chi connectivity index (χ3n) is 5.19. The maximum Gasteiger partial charge on any atom is 0.433 e. The Morgan fingerprint density at radius 3 is 2.88 bits per heavy atom. The van der Waals surface area contributed by atoms with Crippen LogP contribution < -0.4 is 10.2 Å². The number of H-pyrrole nitrogens is 1. The molecule has 1 unspecified atom stereocenters. The fourth-order valence-electron chi connectivity index (χ4n) is 3.63. The van der Waals surface area contributed by atoms with E-state index in [1.54, 1.807) is 18.5 Å². The van der Waals surface area contributed by atoms with E-state index in [-0.39, 0.29) is 23.1 Å². The Labute approximate surface area is 182 Å². The molecule has 3 aromatic rings.